The van der Waals surface area contributed by atoms with Crippen molar-refractivity contribution in [3.05, 3.63) is 51.0 Å². The topological polar surface area (TPSA) is 50.2 Å². The highest BCUT2D eigenvalue weighted by Crippen LogP contribution is 2.33. The Bertz CT molecular complexity index is 816. The fraction of sp³-hybridized carbons (Fsp3) is 0.375. The maximum Gasteiger partial charge on any atom is 0.303 e. The molecule has 0 amide bonds. The van der Waals surface area contributed by atoms with E-state index in [0.29, 0.717) is 27.7 Å². The van der Waals surface area contributed by atoms with Crippen LogP contribution in [0.3, 0.4) is 0 Å². The lowest BCUT2D eigenvalue weighted by Gasteiger charge is -2.18. The molecular formula is C16H16Cl2N4OS. The molecule has 2 atom stereocenters. The Hall–Kier alpha value is -1.21. The molecule has 0 bridgehead atoms. The van der Waals surface area contributed by atoms with Crippen LogP contribution < -0.4 is 15.8 Å². The molecule has 2 aromatic rings. The van der Waals surface area contributed by atoms with E-state index in [1.54, 1.807) is 22.4 Å². The highest BCUT2D eigenvalue weighted by Gasteiger charge is 2.37. The molecule has 8 heteroatoms. The number of hydrogen-bond donors (Lipinski definition) is 1. The van der Waals surface area contributed by atoms with Crippen molar-refractivity contribution in [1.29, 1.82) is 0 Å². The molecule has 2 unspecified atom stereocenters. The van der Waals surface area contributed by atoms with Crippen molar-refractivity contribution in [2.75, 3.05) is 31.1 Å². The van der Waals surface area contributed by atoms with E-state index in [1.165, 1.54) is 11.9 Å². The number of anilines is 1. The second-order valence-corrected chi connectivity index (χ2v) is 7.91. The van der Waals surface area contributed by atoms with Crippen molar-refractivity contribution in [3.63, 3.8) is 0 Å². The van der Waals surface area contributed by atoms with E-state index in [4.69, 9.17) is 23.2 Å². The van der Waals surface area contributed by atoms with Crippen molar-refractivity contribution in [2.45, 2.75) is 4.90 Å². The zero-order valence-electron chi connectivity index (χ0n) is 12.8. The van der Waals surface area contributed by atoms with E-state index in [1.807, 2.05) is 12.1 Å². The molecule has 2 aliphatic rings. The van der Waals surface area contributed by atoms with Crippen molar-refractivity contribution in [1.82, 2.24) is 14.3 Å². The maximum absolute atomic E-state index is 12.8. The van der Waals surface area contributed by atoms with Gasteiger partial charge in [0.15, 0.2) is 5.82 Å². The Morgan fingerprint density at radius 1 is 1.21 bits per heavy atom. The molecule has 0 radical (unpaired) electrons. The Kier molecular flexibility index (Phi) is 4.47. The minimum atomic E-state index is -0.119. The van der Waals surface area contributed by atoms with Crippen molar-refractivity contribution < 1.29 is 0 Å². The van der Waals surface area contributed by atoms with Crippen LogP contribution in [0.15, 0.2) is 40.3 Å². The molecule has 5 nitrogen and oxygen atoms in total. The van der Waals surface area contributed by atoms with E-state index < -0.39 is 0 Å². The minimum absolute atomic E-state index is 0.119. The van der Waals surface area contributed by atoms with Gasteiger partial charge in [0.2, 0.25) is 0 Å². The minimum Gasteiger partial charge on any atom is -0.351 e. The van der Waals surface area contributed by atoms with Crippen LogP contribution in [-0.2, 0) is 0 Å². The highest BCUT2D eigenvalue weighted by molar-refractivity contribution is 7.98. The first-order chi connectivity index (χ1) is 11.6. The van der Waals surface area contributed by atoms with Gasteiger partial charge in [-0.1, -0.05) is 29.3 Å². The summed E-state index contributed by atoms with van der Waals surface area (Å²) in [5.41, 5.74) is -0.119. The van der Waals surface area contributed by atoms with Crippen LogP contribution in [0.5, 0.6) is 0 Å². The number of aromatic nitrogens is 2. The molecule has 24 heavy (non-hydrogen) atoms. The molecule has 0 aliphatic carbocycles. The van der Waals surface area contributed by atoms with Gasteiger partial charge in [-0.25, -0.2) is 8.96 Å². The Balaban J connectivity index is 1.62. The molecule has 0 spiro atoms. The van der Waals surface area contributed by atoms with Gasteiger partial charge in [0.05, 0.1) is 10.0 Å². The van der Waals surface area contributed by atoms with Crippen molar-refractivity contribution in [2.24, 2.45) is 11.8 Å². The Morgan fingerprint density at radius 2 is 1.96 bits per heavy atom. The van der Waals surface area contributed by atoms with Crippen molar-refractivity contribution >= 4 is 41.0 Å². The van der Waals surface area contributed by atoms with E-state index >= 15 is 0 Å². The van der Waals surface area contributed by atoms with Gasteiger partial charge in [-0.3, -0.25) is 4.79 Å². The van der Waals surface area contributed by atoms with Gasteiger partial charge < -0.3 is 10.2 Å². The maximum atomic E-state index is 12.8. The van der Waals surface area contributed by atoms with Gasteiger partial charge in [-0.2, -0.15) is 0 Å². The SMILES string of the molecule is O=c1c(N2CC3CNCC3C2)nccn1Sc1cccc(Cl)c1Cl. The number of hydrogen-bond acceptors (Lipinski definition) is 5. The third kappa shape index (κ3) is 2.92. The molecule has 2 fully saturated rings. The normalized spacial score (nSPS) is 22.8. The highest BCUT2D eigenvalue weighted by atomic mass is 35.5. The largest absolute Gasteiger partial charge is 0.351 e. The van der Waals surface area contributed by atoms with Crippen LogP contribution in [-0.4, -0.2) is 35.1 Å². The first kappa shape index (κ1) is 16.3. The molecule has 2 saturated heterocycles. The van der Waals surface area contributed by atoms with Gasteiger partial charge in [0.1, 0.15) is 0 Å². The molecule has 2 aliphatic heterocycles. The summed E-state index contributed by atoms with van der Waals surface area (Å²) in [6, 6.07) is 5.39. The van der Waals surface area contributed by atoms with Gasteiger partial charge in [0.25, 0.3) is 0 Å². The van der Waals surface area contributed by atoms with Crippen LogP contribution in [0.2, 0.25) is 10.0 Å². The van der Waals surface area contributed by atoms with E-state index in [2.05, 4.69) is 15.2 Å². The first-order valence-corrected chi connectivity index (χ1v) is 9.32. The molecular weight excluding hydrogens is 367 g/mol. The molecule has 4 rings (SSSR count). The van der Waals surface area contributed by atoms with Gasteiger partial charge in [-0.05, 0) is 35.9 Å². The van der Waals surface area contributed by atoms with Crippen LogP contribution in [0.4, 0.5) is 5.82 Å². The second-order valence-electron chi connectivity index (χ2n) is 6.11. The predicted octanol–water partition coefficient (Wildman–Crippen LogP) is 2.76. The molecule has 1 aromatic heterocycles. The second kappa shape index (κ2) is 6.59. The zero-order chi connectivity index (χ0) is 16.7. The fourth-order valence-electron chi connectivity index (χ4n) is 3.36. The lowest BCUT2D eigenvalue weighted by atomic mass is 10.0. The molecule has 126 valence electrons. The third-order valence-electron chi connectivity index (χ3n) is 4.59. The Morgan fingerprint density at radius 3 is 2.71 bits per heavy atom. The number of benzene rings is 1. The summed E-state index contributed by atoms with van der Waals surface area (Å²) < 4.78 is 1.56. The third-order valence-corrected chi connectivity index (χ3v) is 6.54. The quantitative estimate of drug-likeness (QED) is 0.884. The Labute approximate surface area is 154 Å². The predicted molar refractivity (Wildman–Crippen MR) is 98.3 cm³/mol. The summed E-state index contributed by atoms with van der Waals surface area (Å²) in [4.78, 5) is 20.0. The average Bonchev–Trinajstić information content (AvgIpc) is 3.15. The summed E-state index contributed by atoms with van der Waals surface area (Å²) >= 11 is 13.5. The first-order valence-electron chi connectivity index (χ1n) is 7.79. The van der Waals surface area contributed by atoms with Crippen LogP contribution in [0, 0.1) is 11.8 Å². The standard InChI is InChI=1S/C16H16Cl2N4OS/c17-12-2-1-3-13(14(12)18)24-22-5-4-20-15(16(22)23)21-8-10-6-19-7-11(10)9-21/h1-5,10-11,19H,6-9H2. The number of halogens is 2. The monoisotopic (exact) mass is 382 g/mol. The summed E-state index contributed by atoms with van der Waals surface area (Å²) in [5.74, 6) is 1.72. The zero-order valence-corrected chi connectivity index (χ0v) is 15.1. The summed E-state index contributed by atoms with van der Waals surface area (Å²) in [6.07, 6.45) is 3.32. The van der Waals surface area contributed by atoms with E-state index in [9.17, 15) is 4.79 Å². The van der Waals surface area contributed by atoms with Crippen LogP contribution in [0.1, 0.15) is 0 Å². The number of fused-ring (bicyclic) bond motifs is 1. The smallest absolute Gasteiger partial charge is 0.303 e. The average molecular weight is 383 g/mol. The van der Waals surface area contributed by atoms with Gasteiger partial charge >= 0.3 is 5.56 Å². The van der Waals surface area contributed by atoms with E-state index in [0.717, 1.165) is 31.1 Å². The molecule has 1 N–H and O–H groups in total. The lowest BCUT2D eigenvalue weighted by molar-refractivity contribution is 0.533. The number of nitrogens with zero attached hydrogens (tertiary/aromatic N) is 3. The molecule has 1 aromatic carbocycles. The fourth-order valence-corrected chi connectivity index (χ4v) is 4.64. The van der Waals surface area contributed by atoms with Crippen LogP contribution >= 0.6 is 35.1 Å². The molecule has 3 heterocycles. The van der Waals surface area contributed by atoms with Gasteiger partial charge in [-0.15, -0.1) is 0 Å². The van der Waals surface area contributed by atoms with Gasteiger partial charge in [0, 0.05) is 43.5 Å². The number of rotatable bonds is 3. The summed E-state index contributed by atoms with van der Waals surface area (Å²) in [7, 11) is 0. The summed E-state index contributed by atoms with van der Waals surface area (Å²) in [6.45, 7) is 3.81. The summed E-state index contributed by atoms with van der Waals surface area (Å²) in [5, 5.41) is 4.34. The van der Waals surface area contributed by atoms with Crippen LogP contribution in [0.25, 0.3) is 0 Å². The van der Waals surface area contributed by atoms with E-state index in [-0.39, 0.29) is 5.56 Å². The molecule has 0 saturated carbocycles. The number of nitrogens with one attached hydrogen (secondary N) is 1. The van der Waals surface area contributed by atoms with Crippen molar-refractivity contribution in [3.8, 4) is 0 Å². The lowest BCUT2D eigenvalue weighted by Crippen LogP contribution is -2.32.